The molecule has 0 spiro atoms. The number of anilines is 1. The highest BCUT2D eigenvalue weighted by molar-refractivity contribution is 9.11. The van der Waals surface area contributed by atoms with E-state index in [-0.39, 0.29) is 0 Å². The fourth-order valence-corrected chi connectivity index (χ4v) is 2.25. The van der Waals surface area contributed by atoms with Crippen LogP contribution in [-0.2, 0) is 0 Å². The van der Waals surface area contributed by atoms with E-state index in [1.807, 2.05) is 18.2 Å². The molecule has 1 N–H and O–H groups in total. The number of benzene rings is 1. The molecular weight excluding hydrogens is 402 g/mol. The van der Waals surface area contributed by atoms with Crippen LogP contribution in [0.5, 0.6) is 17.4 Å². The highest BCUT2D eigenvalue weighted by Gasteiger charge is 2.10. The molecule has 0 fully saturated rings. The fraction of sp³-hybridized carbons (Fsp3) is 0.286. The second kappa shape index (κ2) is 7.61. The molecule has 21 heavy (non-hydrogen) atoms. The van der Waals surface area contributed by atoms with Gasteiger partial charge in [-0.1, -0.05) is 6.92 Å². The monoisotopic (exact) mass is 415 g/mol. The Morgan fingerprint density at radius 1 is 1.24 bits per heavy atom. The first-order valence-corrected chi connectivity index (χ1v) is 8.00. The summed E-state index contributed by atoms with van der Waals surface area (Å²) < 4.78 is 12.5. The second-order valence-electron chi connectivity index (χ2n) is 4.17. The van der Waals surface area contributed by atoms with Crippen LogP contribution in [0.25, 0.3) is 0 Å². The summed E-state index contributed by atoms with van der Waals surface area (Å²) in [5.41, 5.74) is 0. The summed E-state index contributed by atoms with van der Waals surface area (Å²) in [4.78, 5) is 8.53. The van der Waals surface area contributed by atoms with Crippen LogP contribution in [0.15, 0.2) is 33.3 Å². The minimum Gasteiger partial charge on any atom is -0.497 e. The van der Waals surface area contributed by atoms with Crippen LogP contribution >= 0.6 is 31.9 Å². The van der Waals surface area contributed by atoms with E-state index >= 15 is 0 Å². The summed E-state index contributed by atoms with van der Waals surface area (Å²) in [6.07, 6.45) is 2.66. The molecule has 0 atom stereocenters. The molecule has 1 aromatic heterocycles. The summed E-state index contributed by atoms with van der Waals surface area (Å²) in [5.74, 6) is 2.40. The molecule has 0 bridgehead atoms. The predicted octanol–water partition coefficient (Wildman–Crippen LogP) is 4.62. The zero-order valence-electron chi connectivity index (χ0n) is 11.7. The normalized spacial score (nSPS) is 10.3. The van der Waals surface area contributed by atoms with Gasteiger partial charge in [-0.25, -0.2) is 4.98 Å². The van der Waals surface area contributed by atoms with Crippen LogP contribution in [0.1, 0.15) is 13.3 Å². The standard InChI is InChI=1S/C14H15Br2N3O2/c1-3-6-17-14-18-8-11(16)13(19-14)21-12-5-4-9(20-2)7-10(12)15/h4-5,7-8H,3,6H2,1-2H3,(H,17,18,19). The molecule has 0 unspecified atom stereocenters. The number of rotatable bonds is 6. The Labute approximate surface area is 140 Å². The molecule has 2 aromatic rings. The Balaban J connectivity index is 2.22. The molecule has 1 aromatic carbocycles. The molecule has 0 saturated carbocycles. The molecule has 0 radical (unpaired) electrons. The lowest BCUT2D eigenvalue weighted by Crippen LogP contribution is -2.05. The highest BCUT2D eigenvalue weighted by Crippen LogP contribution is 2.34. The zero-order chi connectivity index (χ0) is 15.2. The lowest BCUT2D eigenvalue weighted by Gasteiger charge is -2.11. The third kappa shape index (κ3) is 4.31. The van der Waals surface area contributed by atoms with Gasteiger partial charge in [0.15, 0.2) is 0 Å². The summed E-state index contributed by atoms with van der Waals surface area (Å²) in [6, 6.07) is 5.47. The first-order valence-electron chi connectivity index (χ1n) is 6.41. The van der Waals surface area contributed by atoms with Crippen molar-refractivity contribution in [2.45, 2.75) is 13.3 Å². The van der Waals surface area contributed by atoms with E-state index in [2.05, 4.69) is 54.1 Å². The Morgan fingerprint density at radius 2 is 2.05 bits per heavy atom. The second-order valence-corrected chi connectivity index (χ2v) is 5.88. The van der Waals surface area contributed by atoms with E-state index in [1.165, 1.54) is 0 Å². The maximum Gasteiger partial charge on any atom is 0.238 e. The van der Waals surface area contributed by atoms with Crippen molar-refractivity contribution in [3.8, 4) is 17.4 Å². The van der Waals surface area contributed by atoms with Gasteiger partial charge in [0.05, 0.1) is 22.3 Å². The molecular formula is C14H15Br2N3O2. The van der Waals surface area contributed by atoms with Crippen molar-refractivity contribution in [3.63, 3.8) is 0 Å². The van der Waals surface area contributed by atoms with Crippen molar-refractivity contribution in [3.05, 3.63) is 33.3 Å². The molecule has 112 valence electrons. The molecule has 5 nitrogen and oxygen atoms in total. The summed E-state index contributed by atoms with van der Waals surface area (Å²) >= 11 is 6.84. The molecule has 7 heteroatoms. The van der Waals surface area contributed by atoms with Gasteiger partial charge in [-0.15, -0.1) is 0 Å². The van der Waals surface area contributed by atoms with Gasteiger partial charge in [-0.05, 0) is 56.5 Å². The molecule has 0 saturated heterocycles. The molecule has 1 heterocycles. The number of aromatic nitrogens is 2. The van der Waals surface area contributed by atoms with E-state index in [9.17, 15) is 0 Å². The Hall–Kier alpha value is -1.34. The van der Waals surface area contributed by atoms with Crippen LogP contribution in [0.2, 0.25) is 0 Å². The van der Waals surface area contributed by atoms with Crippen molar-refractivity contribution < 1.29 is 9.47 Å². The number of nitrogens with zero attached hydrogens (tertiary/aromatic N) is 2. The molecule has 0 aliphatic heterocycles. The van der Waals surface area contributed by atoms with E-state index < -0.39 is 0 Å². The first-order chi connectivity index (χ1) is 10.1. The van der Waals surface area contributed by atoms with Crippen molar-refractivity contribution in [2.75, 3.05) is 19.0 Å². The number of hydrogen-bond donors (Lipinski definition) is 1. The number of methoxy groups -OCH3 is 1. The van der Waals surface area contributed by atoms with Gasteiger partial charge in [0.25, 0.3) is 0 Å². The average molecular weight is 417 g/mol. The summed E-state index contributed by atoms with van der Waals surface area (Å²) in [5, 5.41) is 3.13. The number of halogens is 2. The van der Waals surface area contributed by atoms with Gasteiger partial charge < -0.3 is 14.8 Å². The van der Waals surface area contributed by atoms with Crippen molar-refractivity contribution in [1.82, 2.24) is 9.97 Å². The number of ether oxygens (including phenoxy) is 2. The van der Waals surface area contributed by atoms with Crippen LogP contribution in [0.3, 0.4) is 0 Å². The zero-order valence-corrected chi connectivity index (χ0v) is 14.9. The van der Waals surface area contributed by atoms with Crippen LogP contribution in [-0.4, -0.2) is 23.6 Å². The van der Waals surface area contributed by atoms with Gasteiger partial charge in [0.1, 0.15) is 11.5 Å². The number of nitrogens with one attached hydrogen (secondary N) is 1. The quantitative estimate of drug-likeness (QED) is 0.744. The smallest absolute Gasteiger partial charge is 0.238 e. The van der Waals surface area contributed by atoms with Gasteiger partial charge in [-0.2, -0.15) is 4.98 Å². The summed E-state index contributed by atoms with van der Waals surface area (Å²) in [7, 11) is 1.62. The summed E-state index contributed by atoms with van der Waals surface area (Å²) in [6.45, 7) is 2.89. The topological polar surface area (TPSA) is 56.3 Å². The maximum atomic E-state index is 5.82. The van der Waals surface area contributed by atoms with E-state index in [1.54, 1.807) is 13.3 Å². The maximum absolute atomic E-state index is 5.82. The lowest BCUT2D eigenvalue weighted by atomic mass is 10.3. The van der Waals surface area contributed by atoms with Crippen molar-refractivity contribution in [1.29, 1.82) is 0 Å². The van der Waals surface area contributed by atoms with Gasteiger partial charge in [0, 0.05) is 6.54 Å². The number of hydrogen-bond acceptors (Lipinski definition) is 5. The van der Waals surface area contributed by atoms with Gasteiger partial charge in [-0.3, -0.25) is 0 Å². The van der Waals surface area contributed by atoms with Crippen LogP contribution in [0, 0.1) is 0 Å². The molecule has 0 aliphatic carbocycles. The SMILES string of the molecule is CCCNc1ncc(Br)c(Oc2ccc(OC)cc2Br)n1. The first kappa shape index (κ1) is 16.0. The molecule has 0 amide bonds. The Morgan fingerprint density at radius 3 is 2.71 bits per heavy atom. The van der Waals surface area contributed by atoms with E-state index in [0.29, 0.717) is 22.1 Å². The average Bonchev–Trinajstić information content (AvgIpc) is 2.49. The molecule has 2 rings (SSSR count). The van der Waals surface area contributed by atoms with E-state index in [4.69, 9.17) is 9.47 Å². The van der Waals surface area contributed by atoms with Gasteiger partial charge >= 0.3 is 0 Å². The highest BCUT2D eigenvalue weighted by atomic mass is 79.9. The Bertz CT molecular complexity index is 623. The van der Waals surface area contributed by atoms with Crippen molar-refractivity contribution in [2.24, 2.45) is 0 Å². The predicted molar refractivity (Wildman–Crippen MR) is 89.3 cm³/mol. The molecule has 0 aliphatic rings. The third-order valence-electron chi connectivity index (χ3n) is 2.59. The van der Waals surface area contributed by atoms with Gasteiger partial charge in [0.2, 0.25) is 11.8 Å². The fourth-order valence-electron chi connectivity index (χ4n) is 1.54. The Kier molecular flexibility index (Phi) is 5.81. The van der Waals surface area contributed by atoms with Crippen LogP contribution in [0.4, 0.5) is 5.95 Å². The van der Waals surface area contributed by atoms with Crippen LogP contribution < -0.4 is 14.8 Å². The lowest BCUT2D eigenvalue weighted by molar-refractivity contribution is 0.411. The largest absolute Gasteiger partial charge is 0.497 e. The minimum absolute atomic E-state index is 0.453. The van der Waals surface area contributed by atoms with Crippen molar-refractivity contribution >= 4 is 37.8 Å². The third-order valence-corrected chi connectivity index (χ3v) is 3.75. The minimum atomic E-state index is 0.453. The van der Waals surface area contributed by atoms with E-state index in [0.717, 1.165) is 23.2 Å².